The highest BCUT2D eigenvalue weighted by molar-refractivity contribution is 9.10. The third-order valence-electron chi connectivity index (χ3n) is 2.73. The summed E-state index contributed by atoms with van der Waals surface area (Å²) in [5.41, 5.74) is 2.18. The first-order valence-electron chi connectivity index (χ1n) is 5.48. The van der Waals surface area contributed by atoms with Crippen molar-refractivity contribution in [2.45, 2.75) is 0 Å². The molecule has 18 heavy (non-hydrogen) atoms. The van der Waals surface area contributed by atoms with Gasteiger partial charge in [0.05, 0.1) is 5.88 Å². The fraction of sp³-hybridized carbons (Fsp3) is 0. The molecule has 0 aliphatic heterocycles. The lowest BCUT2D eigenvalue weighted by atomic mass is 10.1. The largest absolute Gasteiger partial charge is 0.854 e. The van der Waals surface area contributed by atoms with Gasteiger partial charge in [0.25, 0.3) is 0 Å². The molecule has 3 nitrogen and oxygen atoms in total. The molecule has 0 N–H and O–H groups in total. The lowest BCUT2D eigenvalue weighted by Gasteiger charge is -2.06. The van der Waals surface area contributed by atoms with E-state index in [9.17, 15) is 5.11 Å². The van der Waals surface area contributed by atoms with Crippen LogP contribution in [0.1, 0.15) is 0 Å². The maximum Gasteiger partial charge on any atom is 0.221 e. The maximum absolute atomic E-state index is 11.9. The second kappa shape index (κ2) is 4.38. The second-order valence-corrected chi connectivity index (χ2v) is 4.85. The van der Waals surface area contributed by atoms with Crippen molar-refractivity contribution in [1.29, 1.82) is 0 Å². The van der Waals surface area contributed by atoms with Gasteiger partial charge in [-0.25, -0.2) is 0 Å². The fourth-order valence-corrected chi connectivity index (χ4v) is 2.10. The van der Waals surface area contributed by atoms with Gasteiger partial charge in [-0.2, -0.15) is 4.40 Å². The summed E-state index contributed by atoms with van der Waals surface area (Å²) in [6.07, 6.45) is 3.71. The van der Waals surface area contributed by atoms with E-state index in [-0.39, 0.29) is 5.88 Å². The quantitative estimate of drug-likeness (QED) is 0.647. The monoisotopic (exact) mass is 300 g/mol. The number of aromatic nitrogens is 2. The van der Waals surface area contributed by atoms with E-state index in [1.54, 1.807) is 10.5 Å². The summed E-state index contributed by atoms with van der Waals surface area (Å²) in [6, 6.07) is 13.2. The van der Waals surface area contributed by atoms with Crippen molar-refractivity contribution in [2.24, 2.45) is 0 Å². The molecule has 2 heterocycles. The van der Waals surface area contributed by atoms with E-state index in [0.29, 0.717) is 11.2 Å². The SMILES string of the molecule is [O-]c1nc(-c2ccc(Br)cc2)c[n+]2ccccc12. The van der Waals surface area contributed by atoms with Crippen LogP contribution in [0.3, 0.4) is 0 Å². The minimum absolute atomic E-state index is 0.212. The molecule has 0 radical (unpaired) electrons. The molecule has 3 rings (SSSR count). The van der Waals surface area contributed by atoms with Gasteiger partial charge in [-0.1, -0.05) is 28.1 Å². The zero-order valence-corrected chi connectivity index (χ0v) is 11.0. The molecule has 3 aromatic rings. The average Bonchev–Trinajstić information content (AvgIpc) is 2.39. The number of nitrogens with zero attached hydrogens (tertiary/aromatic N) is 2. The minimum Gasteiger partial charge on any atom is -0.854 e. The van der Waals surface area contributed by atoms with Crippen LogP contribution in [0.5, 0.6) is 5.88 Å². The summed E-state index contributed by atoms with van der Waals surface area (Å²) in [4.78, 5) is 4.11. The predicted octanol–water partition coefficient (Wildman–Crippen LogP) is 2.32. The van der Waals surface area contributed by atoms with Crippen LogP contribution in [0, 0.1) is 0 Å². The molecule has 0 bridgehead atoms. The number of hydrogen-bond acceptors (Lipinski definition) is 2. The summed E-state index contributed by atoms with van der Waals surface area (Å²) in [5, 5.41) is 11.9. The first-order chi connectivity index (χ1) is 8.74. The smallest absolute Gasteiger partial charge is 0.221 e. The highest BCUT2D eigenvalue weighted by Gasteiger charge is 2.08. The Bertz CT molecular complexity index is 711. The summed E-state index contributed by atoms with van der Waals surface area (Å²) in [5.74, 6) is -0.212. The Morgan fingerprint density at radius 3 is 2.61 bits per heavy atom. The van der Waals surface area contributed by atoms with Gasteiger partial charge in [0.2, 0.25) is 11.7 Å². The van der Waals surface area contributed by atoms with Gasteiger partial charge in [-0.15, -0.1) is 0 Å². The second-order valence-electron chi connectivity index (χ2n) is 3.93. The average molecular weight is 301 g/mol. The van der Waals surface area contributed by atoms with Crippen LogP contribution in [-0.4, -0.2) is 4.98 Å². The molecule has 88 valence electrons. The van der Waals surface area contributed by atoms with Crippen LogP contribution < -0.4 is 9.51 Å². The highest BCUT2D eigenvalue weighted by Crippen LogP contribution is 2.21. The van der Waals surface area contributed by atoms with Crippen molar-refractivity contribution >= 4 is 21.4 Å². The van der Waals surface area contributed by atoms with Crippen molar-refractivity contribution in [2.75, 3.05) is 0 Å². The van der Waals surface area contributed by atoms with Gasteiger partial charge in [0.15, 0.2) is 6.20 Å². The standard InChI is InChI=1S/C14H9BrN2O/c15-11-6-4-10(5-7-11)12-9-17-8-2-1-3-13(17)14(18)16-12/h1-9H. The molecule has 0 amide bonds. The molecule has 0 aliphatic carbocycles. The molecule has 0 saturated heterocycles. The van der Waals surface area contributed by atoms with Crippen molar-refractivity contribution in [3.05, 3.63) is 59.3 Å². The molecule has 2 aromatic heterocycles. The molecular weight excluding hydrogens is 292 g/mol. The molecule has 4 heteroatoms. The topological polar surface area (TPSA) is 40.1 Å². The Labute approximate surface area is 112 Å². The Kier molecular flexibility index (Phi) is 2.72. The van der Waals surface area contributed by atoms with Crippen LogP contribution in [0.15, 0.2) is 59.3 Å². The maximum atomic E-state index is 11.9. The predicted molar refractivity (Wildman–Crippen MR) is 70.0 cm³/mol. The van der Waals surface area contributed by atoms with Crippen LogP contribution in [0.4, 0.5) is 0 Å². The third-order valence-corrected chi connectivity index (χ3v) is 3.26. The van der Waals surface area contributed by atoms with Crippen LogP contribution in [0.25, 0.3) is 16.8 Å². The van der Waals surface area contributed by atoms with E-state index in [2.05, 4.69) is 20.9 Å². The van der Waals surface area contributed by atoms with E-state index < -0.39 is 0 Å². The number of hydrogen-bond donors (Lipinski definition) is 0. The molecule has 0 spiro atoms. The zero-order valence-electron chi connectivity index (χ0n) is 9.38. The Hall–Kier alpha value is -1.94. The molecule has 0 atom stereocenters. The molecule has 0 aliphatic rings. The fourth-order valence-electron chi connectivity index (χ4n) is 1.84. The Morgan fingerprint density at radius 1 is 1.06 bits per heavy atom. The number of pyridine rings is 1. The zero-order chi connectivity index (χ0) is 12.5. The first-order valence-corrected chi connectivity index (χ1v) is 6.27. The first kappa shape index (κ1) is 11.2. The van der Waals surface area contributed by atoms with Crippen molar-refractivity contribution in [3.8, 4) is 17.1 Å². The lowest BCUT2D eigenvalue weighted by Crippen LogP contribution is -2.23. The van der Waals surface area contributed by atoms with Crippen LogP contribution in [0.2, 0.25) is 0 Å². The van der Waals surface area contributed by atoms with Crippen molar-refractivity contribution < 1.29 is 9.51 Å². The molecular formula is C14H9BrN2O. The number of benzene rings is 1. The van der Waals surface area contributed by atoms with Crippen molar-refractivity contribution in [3.63, 3.8) is 0 Å². The van der Waals surface area contributed by atoms with Crippen LogP contribution >= 0.6 is 15.9 Å². The lowest BCUT2D eigenvalue weighted by molar-refractivity contribution is -0.516. The summed E-state index contributed by atoms with van der Waals surface area (Å²) in [6.45, 7) is 0. The Morgan fingerprint density at radius 2 is 1.83 bits per heavy atom. The molecule has 0 saturated carbocycles. The van der Waals surface area contributed by atoms with E-state index in [1.807, 2.05) is 48.8 Å². The minimum atomic E-state index is -0.212. The highest BCUT2D eigenvalue weighted by atomic mass is 79.9. The molecule has 0 fully saturated rings. The van der Waals surface area contributed by atoms with Gasteiger partial charge in [0, 0.05) is 22.2 Å². The molecule has 1 aromatic carbocycles. The van der Waals surface area contributed by atoms with Gasteiger partial charge >= 0.3 is 0 Å². The summed E-state index contributed by atoms with van der Waals surface area (Å²) in [7, 11) is 0. The third kappa shape index (κ3) is 1.95. The van der Waals surface area contributed by atoms with Crippen LogP contribution in [-0.2, 0) is 0 Å². The number of halogens is 1. The number of rotatable bonds is 1. The summed E-state index contributed by atoms with van der Waals surface area (Å²) >= 11 is 3.38. The van der Waals surface area contributed by atoms with E-state index in [4.69, 9.17) is 0 Å². The number of fused-ring (bicyclic) bond motifs is 1. The van der Waals surface area contributed by atoms with Gasteiger partial charge < -0.3 is 5.11 Å². The molecule has 0 unspecified atom stereocenters. The Balaban J connectivity index is 2.21. The van der Waals surface area contributed by atoms with Crippen molar-refractivity contribution in [1.82, 2.24) is 4.98 Å². The van der Waals surface area contributed by atoms with E-state index >= 15 is 0 Å². The van der Waals surface area contributed by atoms with E-state index in [0.717, 1.165) is 10.0 Å². The van der Waals surface area contributed by atoms with E-state index in [1.165, 1.54) is 0 Å². The van der Waals surface area contributed by atoms with Gasteiger partial charge in [0.1, 0.15) is 5.69 Å². The van der Waals surface area contributed by atoms with Gasteiger partial charge in [-0.05, 0) is 18.2 Å². The normalized spacial score (nSPS) is 10.7. The summed E-state index contributed by atoms with van der Waals surface area (Å²) < 4.78 is 2.80. The van der Waals surface area contributed by atoms with Gasteiger partial charge in [-0.3, -0.25) is 4.98 Å².